The molecular weight excluding hydrogens is 290 g/mol. The van der Waals surface area contributed by atoms with E-state index >= 15 is 0 Å². The first kappa shape index (κ1) is 13.4. The van der Waals surface area contributed by atoms with Crippen LogP contribution in [0.15, 0.2) is 59.1 Å². The molecule has 0 amide bonds. The van der Waals surface area contributed by atoms with Crippen LogP contribution in [0.25, 0.3) is 22.6 Å². The van der Waals surface area contributed by atoms with E-state index in [9.17, 15) is 0 Å². The number of nitrogen functional groups attached to an aromatic ring is 1. The summed E-state index contributed by atoms with van der Waals surface area (Å²) in [4.78, 5) is 13.2. The predicted octanol–water partition coefficient (Wildman–Crippen LogP) is 2.85. The number of anilines is 1. The van der Waals surface area contributed by atoms with Gasteiger partial charge in [-0.05, 0) is 17.7 Å². The molecule has 0 saturated carbocycles. The van der Waals surface area contributed by atoms with Gasteiger partial charge in [0.05, 0.1) is 11.0 Å². The van der Waals surface area contributed by atoms with Crippen LogP contribution in [0.2, 0.25) is 0 Å². The van der Waals surface area contributed by atoms with Crippen LogP contribution in [0.3, 0.4) is 0 Å². The molecule has 0 aliphatic carbocycles. The lowest BCUT2D eigenvalue weighted by molar-refractivity contribution is 0.423. The highest BCUT2D eigenvalue weighted by Crippen LogP contribution is 2.23. The number of aromatic nitrogens is 4. The number of rotatable bonds is 3. The Balaban J connectivity index is 1.70. The van der Waals surface area contributed by atoms with Gasteiger partial charge in [0, 0.05) is 6.42 Å². The molecule has 6 nitrogen and oxygen atoms in total. The number of nitrogens with zero attached hydrogens (tertiary/aromatic N) is 4. The summed E-state index contributed by atoms with van der Waals surface area (Å²) in [6, 6.07) is 17.5. The summed E-state index contributed by atoms with van der Waals surface area (Å²) < 4.78 is 5.31. The maximum absolute atomic E-state index is 5.98. The van der Waals surface area contributed by atoms with Gasteiger partial charge in [0.2, 0.25) is 0 Å². The Morgan fingerprint density at radius 1 is 0.826 bits per heavy atom. The maximum Gasteiger partial charge on any atom is 0.280 e. The molecule has 0 saturated heterocycles. The van der Waals surface area contributed by atoms with E-state index in [0.29, 0.717) is 17.9 Å². The van der Waals surface area contributed by atoms with Crippen molar-refractivity contribution in [1.29, 1.82) is 0 Å². The average Bonchev–Trinajstić information content (AvgIpc) is 3.03. The first-order valence-electron chi connectivity index (χ1n) is 7.19. The Morgan fingerprint density at radius 3 is 2.30 bits per heavy atom. The van der Waals surface area contributed by atoms with Crippen LogP contribution in [0.5, 0.6) is 0 Å². The summed E-state index contributed by atoms with van der Waals surface area (Å²) >= 11 is 0. The Labute approximate surface area is 132 Å². The van der Waals surface area contributed by atoms with Gasteiger partial charge in [0.15, 0.2) is 17.3 Å². The van der Waals surface area contributed by atoms with Gasteiger partial charge in [-0.1, -0.05) is 47.6 Å². The fourth-order valence-corrected chi connectivity index (χ4v) is 2.37. The van der Waals surface area contributed by atoms with Crippen LogP contribution in [-0.2, 0) is 6.42 Å². The number of para-hydroxylation sites is 2. The van der Waals surface area contributed by atoms with Crippen LogP contribution in [0.4, 0.5) is 5.82 Å². The topological polar surface area (TPSA) is 90.7 Å². The Kier molecular flexibility index (Phi) is 3.20. The molecule has 0 spiro atoms. The minimum Gasteiger partial charge on any atom is -0.382 e. The lowest BCUT2D eigenvalue weighted by atomic mass is 10.1. The summed E-state index contributed by atoms with van der Waals surface area (Å²) in [5.41, 5.74) is 8.97. The minimum atomic E-state index is 0.276. The van der Waals surface area contributed by atoms with Crippen molar-refractivity contribution in [2.24, 2.45) is 0 Å². The molecule has 0 atom stereocenters. The van der Waals surface area contributed by atoms with Crippen LogP contribution in [0.1, 0.15) is 11.4 Å². The number of nitrogens with two attached hydrogens (primary N) is 1. The summed E-state index contributed by atoms with van der Waals surface area (Å²) in [5, 5.41) is 4.00. The van der Waals surface area contributed by atoms with Gasteiger partial charge >= 0.3 is 0 Å². The van der Waals surface area contributed by atoms with Crippen molar-refractivity contribution < 1.29 is 4.52 Å². The molecule has 6 heteroatoms. The Bertz CT molecular complexity index is 965. The lowest BCUT2D eigenvalue weighted by Crippen LogP contribution is -1.99. The highest BCUT2D eigenvalue weighted by atomic mass is 16.5. The number of benzene rings is 2. The molecule has 4 aromatic rings. The second-order valence-electron chi connectivity index (χ2n) is 5.12. The average molecular weight is 303 g/mol. The molecule has 0 bridgehead atoms. The first-order chi connectivity index (χ1) is 11.3. The third-order valence-electron chi connectivity index (χ3n) is 3.47. The van der Waals surface area contributed by atoms with Gasteiger partial charge in [0.25, 0.3) is 5.89 Å². The van der Waals surface area contributed by atoms with E-state index < -0.39 is 0 Å². The van der Waals surface area contributed by atoms with Crippen LogP contribution in [-0.4, -0.2) is 20.1 Å². The maximum atomic E-state index is 5.98. The molecule has 4 rings (SSSR count). The number of hydrogen-bond acceptors (Lipinski definition) is 6. The molecule has 0 aliphatic rings. The molecule has 2 heterocycles. The van der Waals surface area contributed by atoms with Crippen molar-refractivity contribution in [3.05, 3.63) is 66.0 Å². The van der Waals surface area contributed by atoms with Crippen LogP contribution in [0, 0.1) is 0 Å². The summed E-state index contributed by atoms with van der Waals surface area (Å²) in [6.45, 7) is 0. The van der Waals surface area contributed by atoms with Crippen molar-refractivity contribution >= 4 is 16.9 Å². The molecule has 23 heavy (non-hydrogen) atoms. The lowest BCUT2D eigenvalue weighted by Gasteiger charge is -2.01. The van der Waals surface area contributed by atoms with E-state index in [0.717, 1.165) is 16.6 Å². The van der Waals surface area contributed by atoms with Crippen molar-refractivity contribution in [2.75, 3.05) is 5.73 Å². The summed E-state index contributed by atoms with van der Waals surface area (Å²) in [6.07, 6.45) is 0.589. The molecule has 0 aliphatic heterocycles. The summed E-state index contributed by atoms with van der Waals surface area (Å²) in [5.74, 6) is 1.14. The summed E-state index contributed by atoms with van der Waals surface area (Å²) in [7, 11) is 0. The first-order valence-corrected chi connectivity index (χ1v) is 7.19. The third kappa shape index (κ3) is 2.62. The van der Waals surface area contributed by atoms with Crippen LogP contribution < -0.4 is 5.73 Å². The molecule has 2 N–H and O–H groups in total. The number of hydrogen-bond donors (Lipinski definition) is 1. The molecule has 0 fully saturated rings. The van der Waals surface area contributed by atoms with Gasteiger partial charge < -0.3 is 10.3 Å². The second kappa shape index (κ2) is 5.49. The fraction of sp³-hybridized carbons (Fsp3) is 0.0588. The predicted molar refractivity (Wildman–Crippen MR) is 86.5 cm³/mol. The van der Waals surface area contributed by atoms with Gasteiger partial charge in [-0.3, -0.25) is 0 Å². The SMILES string of the molecule is Nc1nc2ccccc2nc1-c1nc(Cc2ccccc2)no1. The third-order valence-corrected chi connectivity index (χ3v) is 3.47. The zero-order valence-electron chi connectivity index (χ0n) is 12.2. The van der Waals surface area contributed by atoms with Crippen molar-refractivity contribution in [3.8, 4) is 11.6 Å². The molecule has 0 radical (unpaired) electrons. The number of fused-ring (bicyclic) bond motifs is 1. The van der Waals surface area contributed by atoms with Gasteiger partial charge in [-0.15, -0.1) is 0 Å². The zero-order chi connectivity index (χ0) is 15.6. The molecule has 2 aromatic carbocycles. The van der Waals surface area contributed by atoms with Crippen molar-refractivity contribution in [3.63, 3.8) is 0 Å². The largest absolute Gasteiger partial charge is 0.382 e. The normalized spacial score (nSPS) is 11.0. The minimum absolute atomic E-state index is 0.276. The van der Waals surface area contributed by atoms with E-state index in [2.05, 4.69) is 20.1 Å². The molecule has 112 valence electrons. The second-order valence-corrected chi connectivity index (χ2v) is 5.12. The Morgan fingerprint density at radius 2 is 1.52 bits per heavy atom. The molecular formula is C17H13N5O. The fourth-order valence-electron chi connectivity index (χ4n) is 2.37. The van der Waals surface area contributed by atoms with E-state index in [1.807, 2.05) is 54.6 Å². The Hall–Kier alpha value is -3.28. The zero-order valence-corrected chi connectivity index (χ0v) is 12.2. The monoisotopic (exact) mass is 303 g/mol. The van der Waals surface area contributed by atoms with E-state index in [-0.39, 0.29) is 11.7 Å². The van der Waals surface area contributed by atoms with Crippen molar-refractivity contribution in [2.45, 2.75) is 6.42 Å². The standard InChI is InChI=1S/C17H13N5O/c18-16-15(19-12-8-4-5-9-13(12)20-16)17-21-14(22-23-17)10-11-6-2-1-3-7-11/h1-9H,10H2,(H2,18,20). The van der Waals surface area contributed by atoms with Gasteiger partial charge in [-0.25, -0.2) is 9.97 Å². The van der Waals surface area contributed by atoms with E-state index in [1.165, 1.54) is 0 Å². The van der Waals surface area contributed by atoms with Crippen LogP contribution >= 0.6 is 0 Å². The highest BCUT2D eigenvalue weighted by molar-refractivity contribution is 5.80. The van der Waals surface area contributed by atoms with Gasteiger partial charge in [0.1, 0.15) is 0 Å². The van der Waals surface area contributed by atoms with E-state index in [4.69, 9.17) is 10.3 Å². The van der Waals surface area contributed by atoms with Crippen molar-refractivity contribution in [1.82, 2.24) is 20.1 Å². The molecule has 2 aromatic heterocycles. The van der Waals surface area contributed by atoms with Gasteiger partial charge in [-0.2, -0.15) is 4.98 Å². The molecule has 0 unspecified atom stereocenters. The smallest absolute Gasteiger partial charge is 0.280 e. The highest BCUT2D eigenvalue weighted by Gasteiger charge is 2.15. The quantitative estimate of drug-likeness (QED) is 0.626. The van der Waals surface area contributed by atoms with E-state index in [1.54, 1.807) is 0 Å².